The van der Waals surface area contributed by atoms with Gasteiger partial charge in [0, 0.05) is 31.7 Å². The van der Waals surface area contributed by atoms with Crippen molar-refractivity contribution in [3.05, 3.63) is 17.0 Å². The van der Waals surface area contributed by atoms with Gasteiger partial charge in [-0.1, -0.05) is 0 Å². The van der Waals surface area contributed by atoms with E-state index in [4.69, 9.17) is 11.6 Å². The molecule has 0 N–H and O–H groups in total. The zero-order valence-corrected chi connectivity index (χ0v) is 11.5. The highest BCUT2D eigenvalue weighted by molar-refractivity contribution is 6.28. The monoisotopic (exact) mass is 306 g/mol. The van der Waals surface area contributed by atoms with Crippen LogP contribution < -0.4 is 4.90 Å². The Kier molecular flexibility index (Phi) is 3.50. The van der Waals surface area contributed by atoms with E-state index in [1.165, 1.54) is 0 Å². The number of piperazine rings is 1. The van der Waals surface area contributed by atoms with E-state index in [0.29, 0.717) is 19.1 Å². The van der Waals surface area contributed by atoms with Crippen LogP contribution in [0.15, 0.2) is 6.07 Å². The van der Waals surface area contributed by atoms with Gasteiger partial charge in [-0.15, -0.1) is 0 Å². The second-order valence-electron chi connectivity index (χ2n) is 5.16. The molecule has 0 radical (unpaired) electrons. The van der Waals surface area contributed by atoms with Crippen LogP contribution in [0.25, 0.3) is 0 Å². The van der Waals surface area contributed by atoms with Crippen LogP contribution in [0.2, 0.25) is 5.28 Å². The van der Waals surface area contributed by atoms with Crippen molar-refractivity contribution in [2.45, 2.75) is 25.1 Å². The Bertz CT molecular complexity index is 508. The zero-order chi connectivity index (χ0) is 14.3. The van der Waals surface area contributed by atoms with E-state index in [9.17, 15) is 13.2 Å². The Labute approximate surface area is 119 Å². The topological polar surface area (TPSA) is 32.3 Å². The number of rotatable bonds is 1. The molecule has 2 saturated heterocycles. The second kappa shape index (κ2) is 5.04. The van der Waals surface area contributed by atoms with Crippen LogP contribution in [-0.4, -0.2) is 47.1 Å². The zero-order valence-electron chi connectivity index (χ0n) is 10.7. The van der Waals surface area contributed by atoms with Crippen molar-refractivity contribution in [3.8, 4) is 0 Å². The molecule has 1 aromatic rings. The van der Waals surface area contributed by atoms with E-state index in [0.717, 1.165) is 32.0 Å². The predicted molar refractivity (Wildman–Crippen MR) is 68.9 cm³/mol. The molecular formula is C12H14ClF3N4. The quantitative estimate of drug-likeness (QED) is 0.746. The van der Waals surface area contributed by atoms with Gasteiger partial charge in [-0.3, -0.25) is 4.90 Å². The molecule has 0 aromatic carbocycles. The largest absolute Gasteiger partial charge is 0.433 e. The molecule has 3 heterocycles. The maximum absolute atomic E-state index is 12.8. The lowest BCUT2D eigenvalue weighted by molar-refractivity contribution is -0.141. The van der Waals surface area contributed by atoms with Crippen molar-refractivity contribution < 1.29 is 13.2 Å². The van der Waals surface area contributed by atoms with Gasteiger partial charge in [0.25, 0.3) is 0 Å². The highest BCUT2D eigenvalue weighted by Crippen LogP contribution is 2.31. The first-order valence-corrected chi connectivity index (χ1v) is 6.92. The smallest absolute Gasteiger partial charge is 0.354 e. The Morgan fingerprint density at radius 2 is 2.00 bits per heavy atom. The van der Waals surface area contributed by atoms with E-state index < -0.39 is 11.9 Å². The van der Waals surface area contributed by atoms with E-state index in [1.54, 1.807) is 0 Å². The van der Waals surface area contributed by atoms with Gasteiger partial charge in [0.1, 0.15) is 5.82 Å². The highest BCUT2D eigenvalue weighted by atomic mass is 35.5. The molecule has 20 heavy (non-hydrogen) atoms. The van der Waals surface area contributed by atoms with Gasteiger partial charge < -0.3 is 4.90 Å². The van der Waals surface area contributed by atoms with Gasteiger partial charge in [0.15, 0.2) is 5.69 Å². The lowest BCUT2D eigenvalue weighted by atomic mass is 10.1. The maximum atomic E-state index is 12.8. The molecule has 0 spiro atoms. The number of aromatic nitrogens is 2. The highest BCUT2D eigenvalue weighted by Gasteiger charge is 2.35. The molecule has 0 bridgehead atoms. The van der Waals surface area contributed by atoms with Crippen molar-refractivity contribution >= 4 is 17.4 Å². The van der Waals surface area contributed by atoms with Gasteiger partial charge in [-0.05, 0) is 31.0 Å². The van der Waals surface area contributed by atoms with E-state index in [2.05, 4.69) is 14.9 Å². The summed E-state index contributed by atoms with van der Waals surface area (Å²) in [5.41, 5.74) is -0.985. The average Bonchev–Trinajstić information content (AvgIpc) is 2.84. The van der Waals surface area contributed by atoms with Crippen LogP contribution in [-0.2, 0) is 6.18 Å². The van der Waals surface area contributed by atoms with E-state index in [1.807, 2.05) is 4.90 Å². The van der Waals surface area contributed by atoms with Crippen LogP contribution in [0.4, 0.5) is 19.0 Å². The maximum Gasteiger partial charge on any atom is 0.433 e. The SMILES string of the molecule is FC(F)(F)c1cc(N2CCN3CCCC3C2)nc(Cl)n1. The summed E-state index contributed by atoms with van der Waals surface area (Å²) in [5.74, 6) is 0.267. The summed E-state index contributed by atoms with van der Waals surface area (Å²) in [7, 11) is 0. The van der Waals surface area contributed by atoms with E-state index in [-0.39, 0.29) is 11.1 Å². The molecule has 1 aromatic heterocycles. The molecule has 1 atom stereocenters. The Balaban J connectivity index is 1.85. The fourth-order valence-electron chi connectivity index (χ4n) is 2.91. The third-order valence-electron chi connectivity index (χ3n) is 3.89. The minimum Gasteiger partial charge on any atom is -0.354 e. The Morgan fingerprint density at radius 1 is 1.20 bits per heavy atom. The van der Waals surface area contributed by atoms with Gasteiger partial charge in [0.2, 0.25) is 5.28 Å². The first-order chi connectivity index (χ1) is 9.43. The first kappa shape index (κ1) is 13.9. The molecule has 3 rings (SSSR count). The molecule has 0 amide bonds. The summed E-state index contributed by atoms with van der Waals surface area (Å²) in [6, 6.07) is 1.39. The summed E-state index contributed by atoms with van der Waals surface area (Å²) in [5, 5.41) is -0.358. The fourth-order valence-corrected chi connectivity index (χ4v) is 3.09. The molecule has 4 nitrogen and oxygen atoms in total. The van der Waals surface area contributed by atoms with Crippen molar-refractivity contribution in [1.82, 2.24) is 14.9 Å². The second-order valence-corrected chi connectivity index (χ2v) is 5.49. The van der Waals surface area contributed by atoms with Crippen LogP contribution in [0.3, 0.4) is 0 Å². The third kappa shape index (κ3) is 2.69. The summed E-state index contributed by atoms with van der Waals surface area (Å²) in [4.78, 5) is 11.5. The lowest BCUT2D eigenvalue weighted by Crippen LogP contribution is -2.50. The average molecular weight is 307 g/mol. The molecule has 0 saturated carbocycles. The summed E-state index contributed by atoms with van der Waals surface area (Å²) in [6.45, 7) is 3.30. The normalized spacial score (nSPS) is 24.0. The van der Waals surface area contributed by atoms with Gasteiger partial charge in [0.05, 0.1) is 0 Å². The van der Waals surface area contributed by atoms with Gasteiger partial charge in [-0.2, -0.15) is 13.2 Å². The molecule has 1 unspecified atom stereocenters. The number of fused-ring (bicyclic) bond motifs is 1. The number of alkyl halides is 3. The summed E-state index contributed by atoms with van der Waals surface area (Å²) in [6.07, 6.45) is -2.27. The molecule has 2 fully saturated rings. The van der Waals surface area contributed by atoms with Crippen molar-refractivity contribution in [3.63, 3.8) is 0 Å². The Hall–Kier alpha value is -1.08. The van der Waals surface area contributed by atoms with Crippen LogP contribution in [0.5, 0.6) is 0 Å². The minimum absolute atomic E-state index is 0.267. The standard InChI is InChI=1S/C12H14ClF3N4/c13-11-17-9(12(14,15)16)6-10(18-11)20-5-4-19-3-1-2-8(19)7-20/h6,8H,1-5,7H2. The predicted octanol–water partition coefficient (Wildman–Crippen LogP) is 2.43. The van der Waals surface area contributed by atoms with Crippen molar-refractivity contribution in [1.29, 1.82) is 0 Å². The van der Waals surface area contributed by atoms with Crippen LogP contribution in [0.1, 0.15) is 18.5 Å². The number of hydrogen-bond donors (Lipinski definition) is 0. The fraction of sp³-hybridized carbons (Fsp3) is 0.667. The molecule has 0 aliphatic carbocycles. The van der Waals surface area contributed by atoms with E-state index >= 15 is 0 Å². The number of hydrogen-bond acceptors (Lipinski definition) is 4. The lowest BCUT2D eigenvalue weighted by Gasteiger charge is -2.38. The summed E-state index contributed by atoms with van der Waals surface area (Å²) >= 11 is 5.63. The third-order valence-corrected chi connectivity index (χ3v) is 4.06. The van der Waals surface area contributed by atoms with Crippen LogP contribution in [0, 0.1) is 0 Å². The number of halogens is 4. The minimum atomic E-state index is -4.50. The molecule has 8 heteroatoms. The molecule has 2 aliphatic rings. The molecule has 110 valence electrons. The Morgan fingerprint density at radius 3 is 2.75 bits per heavy atom. The first-order valence-electron chi connectivity index (χ1n) is 6.54. The molecule has 2 aliphatic heterocycles. The molecular weight excluding hydrogens is 293 g/mol. The van der Waals surface area contributed by atoms with Crippen molar-refractivity contribution in [2.75, 3.05) is 31.1 Å². The van der Waals surface area contributed by atoms with Gasteiger partial charge >= 0.3 is 6.18 Å². The van der Waals surface area contributed by atoms with Crippen LogP contribution >= 0.6 is 11.6 Å². The summed E-state index contributed by atoms with van der Waals surface area (Å²) < 4.78 is 38.3. The number of nitrogens with zero attached hydrogens (tertiary/aromatic N) is 4. The van der Waals surface area contributed by atoms with Crippen molar-refractivity contribution in [2.24, 2.45) is 0 Å². The number of anilines is 1. The van der Waals surface area contributed by atoms with Gasteiger partial charge in [-0.25, -0.2) is 9.97 Å².